The quantitative estimate of drug-likeness (QED) is 0.669. The zero-order valence-electron chi connectivity index (χ0n) is 15.3. The lowest BCUT2D eigenvalue weighted by atomic mass is 9.86. The molecule has 0 heterocycles. The van der Waals surface area contributed by atoms with Crippen molar-refractivity contribution in [2.24, 2.45) is 0 Å². The van der Waals surface area contributed by atoms with Crippen LogP contribution < -0.4 is 5.32 Å². The molecular weight excluding hydrogens is 372 g/mol. The minimum absolute atomic E-state index is 0.118. The van der Waals surface area contributed by atoms with Crippen LogP contribution in [-0.4, -0.2) is 11.0 Å². The molecule has 5 heteroatoms. The molecule has 0 saturated carbocycles. The molecule has 1 unspecified atom stereocenters. The Morgan fingerprint density at radius 2 is 1.79 bits per heavy atom. The Morgan fingerprint density at radius 1 is 1.11 bits per heavy atom. The van der Waals surface area contributed by atoms with Crippen LogP contribution in [-0.2, 0) is 16.8 Å². The average molecular weight is 391 g/mol. The van der Waals surface area contributed by atoms with Gasteiger partial charge in [-0.15, -0.1) is 0 Å². The number of anilines is 1. The number of hydrogen-bond acceptors (Lipinski definition) is 3. The molecule has 0 aliphatic carbocycles. The van der Waals surface area contributed by atoms with Gasteiger partial charge in [-0.25, -0.2) is 0 Å². The van der Waals surface area contributed by atoms with Crippen molar-refractivity contribution in [3.05, 3.63) is 100 Å². The molecule has 4 nitrogen and oxygen atoms in total. The van der Waals surface area contributed by atoms with E-state index in [1.165, 1.54) is 12.1 Å². The second-order valence-corrected chi connectivity index (χ2v) is 7.06. The number of nitrogens with zero attached hydrogens (tertiary/aromatic N) is 1. The van der Waals surface area contributed by atoms with Gasteiger partial charge in [-0.05, 0) is 36.2 Å². The Bertz CT molecular complexity index is 1030. The maximum Gasteiger partial charge on any atom is 0.261 e. The number of halogens is 1. The lowest BCUT2D eigenvalue weighted by Crippen LogP contribution is -2.42. The monoisotopic (exact) mass is 390 g/mol. The summed E-state index contributed by atoms with van der Waals surface area (Å²) in [4.78, 5) is 13.1. The Hall–Kier alpha value is -3.13. The van der Waals surface area contributed by atoms with Gasteiger partial charge in [0.15, 0.2) is 5.60 Å². The van der Waals surface area contributed by atoms with Crippen LogP contribution in [0.3, 0.4) is 0 Å². The molecule has 0 radical (unpaired) electrons. The van der Waals surface area contributed by atoms with Gasteiger partial charge in [-0.1, -0.05) is 71.8 Å². The number of nitriles is 1. The molecule has 2 N–H and O–H groups in total. The molecule has 1 amide bonds. The fraction of sp³-hybridized carbons (Fsp3) is 0.130. The maximum atomic E-state index is 13.1. The largest absolute Gasteiger partial charge is 0.375 e. The highest BCUT2D eigenvalue weighted by atomic mass is 35.5. The number of carbonyl (C=O) groups excluding carboxylic acids is 1. The van der Waals surface area contributed by atoms with Crippen molar-refractivity contribution in [2.45, 2.75) is 18.9 Å². The highest BCUT2D eigenvalue weighted by molar-refractivity contribution is 6.32. The molecule has 0 aliphatic rings. The van der Waals surface area contributed by atoms with Gasteiger partial charge in [-0.3, -0.25) is 4.79 Å². The first-order valence-corrected chi connectivity index (χ1v) is 9.15. The molecule has 0 saturated heterocycles. The fourth-order valence-electron chi connectivity index (χ4n) is 2.95. The number of carbonyl (C=O) groups is 1. The molecular formula is C23H19ClN2O2. The summed E-state index contributed by atoms with van der Waals surface area (Å²) in [7, 11) is 0. The van der Waals surface area contributed by atoms with E-state index in [1.807, 2.05) is 43.3 Å². The molecule has 0 spiro atoms. The summed E-state index contributed by atoms with van der Waals surface area (Å²) in [6.07, 6.45) is 0.118. The van der Waals surface area contributed by atoms with Gasteiger partial charge in [0.25, 0.3) is 5.91 Å². The van der Waals surface area contributed by atoms with E-state index >= 15 is 0 Å². The van der Waals surface area contributed by atoms with E-state index in [0.717, 1.165) is 11.1 Å². The predicted octanol–water partition coefficient (Wildman–Crippen LogP) is 4.59. The van der Waals surface area contributed by atoms with Crippen LogP contribution in [0.2, 0.25) is 5.02 Å². The molecule has 28 heavy (non-hydrogen) atoms. The molecule has 3 aromatic carbocycles. The number of rotatable bonds is 5. The summed E-state index contributed by atoms with van der Waals surface area (Å²) in [6, 6.07) is 23.1. The summed E-state index contributed by atoms with van der Waals surface area (Å²) < 4.78 is 0. The van der Waals surface area contributed by atoms with Crippen LogP contribution in [0.1, 0.15) is 22.3 Å². The molecule has 1 atom stereocenters. The number of hydrogen-bond donors (Lipinski definition) is 2. The van der Waals surface area contributed by atoms with Crippen molar-refractivity contribution in [2.75, 3.05) is 5.32 Å². The second-order valence-electron chi connectivity index (χ2n) is 6.65. The normalized spacial score (nSPS) is 12.6. The third-order valence-corrected chi connectivity index (χ3v) is 4.87. The number of aliphatic hydroxyl groups is 1. The zero-order valence-corrected chi connectivity index (χ0v) is 16.1. The first-order chi connectivity index (χ1) is 13.4. The smallest absolute Gasteiger partial charge is 0.261 e. The van der Waals surface area contributed by atoms with Gasteiger partial charge >= 0.3 is 0 Å². The predicted molar refractivity (Wildman–Crippen MR) is 110 cm³/mol. The number of aryl methyl sites for hydroxylation is 1. The van der Waals surface area contributed by atoms with Crippen molar-refractivity contribution in [1.82, 2.24) is 0 Å². The summed E-state index contributed by atoms with van der Waals surface area (Å²) in [5.74, 6) is -0.569. The minimum Gasteiger partial charge on any atom is -0.375 e. The topological polar surface area (TPSA) is 73.1 Å². The summed E-state index contributed by atoms with van der Waals surface area (Å²) in [6.45, 7) is 1.98. The second kappa shape index (κ2) is 8.26. The van der Waals surface area contributed by atoms with Gasteiger partial charge in [0.05, 0.1) is 10.6 Å². The fourth-order valence-corrected chi connectivity index (χ4v) is 3.17. The van der Waals surface area contributed by atoms with E-state index in [2.05, 4.69) is 5.32 Å². The Balaban J connectivity index is 1.94. The Kier molecular flexibility index (Phi) is 5.79. The highest BCUT2D eigenvalue weighted by Crippen LogP contribution is 2.29. The van der Waals surface area contributed by atoms with E-state index in [9.17, 15) is 9.90 Å². The lowest BCUT2D eigenvalue weighted by Gasteiger charge is -2.28. The molecule has 140 valence electrons. The standard InChI is InChI=1S/C23H19ClN2O2/c1-16-7-9-17(10-8-16)14-23(28,19-5-3-2-4-6-19)22(27)26-20-12-11-18(15-25)21(24)13-20/h2-13,28H,14H2,1H3,(H,26,27). The van der Waals surface area contributed by atoms with Gasteiger partial charge < -0.3 is 10.4 Å². The van der Waals surface area contributed by atoms with Crippen molar-refractivity contribution in [3.63, 3.8) is 0 Å². The molecule has 0 bridgehead atoms. The van der Waals surface area contributed by atoms with Crippen LogP contribution in [0.25, 0.3) is 0 Å². The summed E-state index contributed by atoms with van der Waals surface area (Å²) in [5.41, 5.74) is 1.39. The van der Waals surface area contributed by atoms with Crippen molar-refractivity contribution >= 4 is 23.2 Å². The average Bonchev–Trinajstić information content (AvgIpc) is 2.70. The van der Waals surface area contributed by atoms with E-state index < -0.39 is 11.5 Å². The van der Waals surface area contributed by atoms with Gasteiger partial charge in [-0.2, -0.15) is 5.26 Å². The number of benzene rings is 3. The van der Waals surface area contributed by atoms with Crippen LogP contribution in [0.5, 0.6) is 0 Å². The van der Waals surface area contributed by atoms with Gasteiger partial charge in [0, 0.05) is 12.1 Å². The molecule has 0 fully saturated rings. The van der Waals surface area contributed by atoms with E-state index in [0.29, 0.717) is 16.8 Å². The van der Waals surface area contributed by atoms with Gasteiger partial charge in [0.1, 0.15) is 6.07 Å². The maximum absolute atomic E-state index is 13.1. The number of nitrogens with one attached hydrogen (secondary N) is 1. The van der Waals surface area contributed by atoms with Crippen molar-refractivity contribution in [1.29, 1.82) is 5.26 Å². The SMILES string of the molecule is Cc1ccc(CC(O)(C(=O)Nc2ccc(C#N)c(Cl)c2)c2ccccc2)cc1. The van der Waals surface area contributed by atoms with Crippen molar-refractivity contribution in [3.8, 4) is 6.07 Å². The van der Waals surface area contributed by atoms with E-state index in [4.69, 9.17) is 16.9 Å². The molecule has 0 aromatic heterocycles. The number of amides is 1. The van der Waals surface area contributed by atoms with Crippen LogP contribution >= 0.6 is 11.6 Å². The van der Waals surface area contributed by atoms with E-state index in [-0.39, 0.29) is 11.4 Å². The first-order valence-electron chi connectivity index (χ1n) is 8.77. The third kappa shape index (κ3) is 4.23. The summed E-state index contributed by atoms with van der Waals surface area (Å²) in [5, 5.41) is 23.4. The Morgan fingerprint density at radius 3 is 2.39 bits per heavy atom. The summed E-state index contributed by atoms with van der Waals surface area (Å²) >= 11 is 6.05. The molecule has 3 rings (SSSR count). The first kappa shape index (κ1) is 19.6. The van der Waals surface area contributed by atoms with Crippen LogP contribution in [0, 0.1) is 18.3 Å². The van der Waals surface area contributed by atoms with E-state index in [1.54, 1.807) is 30.3 Å². The third-order valence-electron chi connectivity index (χ3n) is 4.55. The van der Waals surface area contributed by atoms with Crippen LogP contribution in [0.15, 0.2) is 72.8 Å². The Labute approximate surface area is 169 Å². The highest BCUT2D eigenvalue weighted by Gasteiger charge is 2.38. The van der Waals surface area contributed by atoms with Crippen LogP contribution in [0.4, 0.5) is 5.69 Å². The molecule has 0 aliphatic heterocycles. The molecule has 3 aromatic rings. The van der Waals surface area contributed by atoms with Gasteiger partial charge in [0.2, 0.25) is 0 Å². The van der Waals surface area contributed by atoms with Crippen molar-refractivity contribution < 1.29 is 9.90 Å². The minimum atomic E-state index is -1.77. The lowest BCUT2D eigenvalue weighted by molar-refractivity contribution is -0.135. The zero-order chi connectivity index (χ0) is 20.1.